The Labute approximate surface area is 149 Å². The molecule has 0 unspecified atom stereocenters. The molecule has 0 bridgehead atoms. The standard InChI is InChI=1S/C16H20N4O4S/c1-4-24-15(22)9-13-18-19-16(20(13)2)25-10-14(21)17-11-6-5-7-12(8-11)23-3/h5-8H,4,9-10H2,1-3H3,(H,17,21). The molecule has 2 rings (SSSR count). The fourth-order valence-electron chi connectivity index (χ4n) is 1.99. The molecule has 1 aromatic heterocycles. The maximum Gasteiger partial charge on any atom is 0.313 e. The molecule has 0 aliphatic carbocycles. The van der Waals surface area contributed by atoms with Crippen LogP contribution in [0.1, 0.15) is 12.7 Å². The highest BCUT2D eigenvalue weighted by molar-refractivity contribution is 7.99. The van der Waals surface area contributed by atoms with Gasteiger partial charge in [0.25, 0.3) is 0 Å². The van der Waals surface area contributed by atoms with Crippen molar-refractivity contribution in [2.45, 2.75) is 18.5 Å². The van der Waals surface area contributed by atoms with Gasteiger partial charge in [-0.05, 0) is 19.1 Å². The second-order valence-corrected chi connectivity index (χ2v) is 5.95. The Morgan fingerprint density at radius 3 is 2.84 bits per heavy atom. The summed E-state index contributed by atoms with van der Waals surface area (Å²) < 4.78 is 11.7. The zero-order valence-corrected chi connectivity index (χ0v) is 15.1. The Kier molecular flexibility index (Phi) is 6.81. The second kappa shape index (κ2) is 9.07. The van der Waals surface area contributed by atoms with Crippen LogP contribution in [0.5, 0.6) is 5.75 Å². The number of carbonyl (C=O) groups excluding carboxylic acids is 2. The molecule has 1 N–H and O–H groups in total. The van der Waals surface area contributed by atoms with Gasteiger partial charge in [-0.25, -0.2) is 0 Å². The van der Waals surface area contributed by atoms with Crippen LogP contribution in [0, 0.1) is 0 Å². The summed E-state index contributed by atoms with van der Waals surface area (Å²) in [5.74, 6) is 0.804. The van der Waals surface area contributed by atoms with Crippen LogP contribution < -0.4 is 10.1 Å². The molecular formula is C16H20N4O4S. The quantitative estimate of drug-likeness (QED) is 0.562. The van der Waals surface area contributed by atoms with Crippen LogP contribution in [-0.2, 0) is 27.8 Å². The largest absolute Gasteiger partial charge is 0.497 e. The second-order valence-electron chi connectivity index (χ2n) is 5.01. The van der Waals surface area contributed by atoms with E-state index < -0.39 is 0 Å². The molecule has 8 nitrogen and oxygen atoms in total. The van der Waals surface area contributed by atoms with Crippen molar-refractivity contribution in [3.63, 3.8) is 0 Å². The molecule has 0 atom stereocenters. The predicted octanol–water partition coefficient (Wildman–Crippen LogP) is 1.66. The topological polar surface area (TPSA) is 95.3 Å². The Bertz CT molecular complexity index is 747. The first-order chi connectivity index (χ1) is 12.0. The van der Waals surface area contributed by atoms with E-state index in [2.05, 4.69) is 15.5 Å². The Morgan fingerprint density at radius 2 is 2.12 bits per heavy atom. The van der Waals surface area contributed by atoms with E-state index in [-0.39, 0.29) is 24.1 Å². The zero-order chi connectivity index (χ0) is 18.2. The number of methoxy groups -OCH3 is 1. The number of hydrogen-bond acceptors (Lipinski definition) is 7. The van der Waals surface area contributed by atoms with Gasteiger partial charge >= 0.3 is 5.97 Å². The van der Waals surface area contributed by atoms with Gasteiger partial charge in [0.1, 0.15) is 18.0 Å². The Hall–Kier alpha value is -2.55. The number of thioether (sulfide) groups is 1. The number of ether oxygens (including phenoxy) is 2. The number of aromatic nitrogens is 3. The number of hydrogen-bond donors (Lipinski definition) is 1. The highest BCUT2D eigenvalue weighted by atomic mass is 32.2. The van der Waals surface area contributed by atoms with Gasteiger partial charge < -0.3 is 19.4 Å². The van der Waals surface area contributed by atoms with Gasteiger partial charge in [0.2, 0.25) is 5.91 Å². The molecule has 134 valence electrons. The normalized spacial score (nSPS) is 10.4. The summed E-state index contributed by atoms with van der Waals surface area (Å²) in [6.07, 6.45) is 0.0495. The van der Waals surface area contributed by atoms with Crippen molar-refractivity contribution in [1.82, 2.24) is 14.8 Å². The van der Waals surface area contributed by atoms with Crippen molar-refractivity contribution in [2.24, 2.45) is 7.05 Å². The molecule has 25 heavy (non-hydrogen) atoms. The van der Waals surface area contributed by atoms with Crippen LogP contribution in [0.25, 0.3) is 0 Å². The summed E-state index contributed by atoms with van der Waals surface area (Å²) in [4.78, 5) is 23.6. The van der Waals surface area contributed by atoms with Crippen molar-refractivity contribution in [3.8, 4) is 5.75 Å². The van der Waals surface area contributed by atoms with Crippen LogP contribution in [0.3, 0.4) is 0 Å². The minimum Gasteiger partial charge on any atom is -0.497 e. The first kappa shape index (κ1) is 18.8. The van der Waals surface area contributed by atoms with E-state index >= 15 is 0 Å². The fourth-order valence-corrected chi connectivity index (χ4v) is 2.72. The summed E-state index contributed by atoms with van der Waals surface area (Å²) in [5.41, 5.74) is 0.658. The number of carbonyl (C=O) groups is 2. The van der Waals surface area contributed by atoms with Gasteiger partial charge in [0.15, 0.2) is 5.16 Å². The number of nitrogens with zero attached hydrogens (tertiary/aromatic N) is 3. The predicted molar refractivity (Wildman–Crippen MR) is 93.7 cm³/mol. The maximum absolute atomic E-state index is 12.1. The van der Waals surface area contributed by atoms with Gasteiger partial charge in [-0.3, -0.25) is 9.59 Å². The minimum atomic E-state index is -0.356. The third-order valence-corrected chi connectivity index (χ3v) is 4.24. The Balaban J connectivity index is 1.89. The van der Waals surface area contributed by atoms with Crippen molar-refractivity contribution in [2.75, 3.05) is 24.8 Å². The molecule has 0 fully saturated rings. The molecule has 2 aromatic rings. The summed E-state index contributed by atoms with van der Waals surface area (Å²) in [5, 5.41) is 11.3. The minimum absolute atomic E-state index is 0.0495. The first-order valence-electron chi connectivity index (χ1n) is 7.64. The third-order valence-electron chi connectivity index (χ3n) is 3.22. The van der Waals surface area contributed by atoms with Crippen LogP contribution in [0.15, 0.2) is 29.4 Å². The van der Waals surface area contributed by atoms with E-state index in [1.165, 1.54) is 11.8 Å². The van der Waals surface area contributed by atoms with Crippen LogP contribution in [-0.4, -0.2) is 46.1 Å². The van der Waals surface area contributed by atoms with E-state index in [1.807, 2.05) is 0 Å². The van der Waals surface area contributed by atoms with Crippen LogP contribution >= 0.6 is 11.8 Å². The van der Waals surface area contributed by atoms with Crippen molar-refractivity contribution >= 4 is 29.3 Å². The van der Waals surface area contributed by atoms with E-state index in [9.17, 15) is 9.59 Å². The Morgan fingerprint density at radius 1 is 1.32 bits per heavy atom. The van der Waals surface area contributed by atoms with Gasteiger partial charge in [-0.1, -0.05) is 17.8 Å². The lowest BCUT2D eigenvalue weighted by molar-refractivity contribution is -0.142. The number of esters is 1. The van der Waals surface area contributed by atoms with Crippen molar-refractivity contribution in [3.05, 3.63) is 30.1 Å². The average Bonchev–Trinajstić information content (AvgIpc) is 2.93. The van der Waals surface area contributed by atoms with E-state index in [0.717, 1.165) is 0 Å². The molecule has 0 radical (unpaired) electrons. The summed E-state index contributed by atoms with van der Waals surface area (Å²) in [6.45, 7) is 2.07. The SMILES string of the molecule is CCOC(=O)Cc1nnc(SCC(=O)Nc2cccc(OC)c2)n1C. The smallest absolute Gasteiger partial charge is 0.313 e. The van der Waals surface area contributed by atoms with E-state index in [4.69, 9.17) is 9.47 Å². The summed E-state index contributed by atoms with van der Waals surface area (Å²) in [6, 6.07) is 7.12. The molecule has 0 aliphatic rings. The lowest BCUT2D eigenvalue weighted by atomic mass is 10.3. The molecular weight excluding hydrogens is 344 g/mol. The highest BCUT2D eigenvalue weighted by Gasteiger charge is 2.15. The molecule has 1 aromatic carbocycles. The van der Waals surface area contributed by atoms with E-state index in [1.54, 1.807) is 49.9 Å². The van der Waals surface area contributed by atoms with Crippen LogP contribution in [0.2, 0.25) is 0 Å². The lowest BCUT2D eigenvalue weighted by Crippen LogP contribution is -2.15. The van der Waals surface area contributed by atoms with Gasteiger partial charge in [-0.15, -0.1) is 10.2 Å². The molecule has 1 heterocycles. The van der Waals surface area contributed by atoms with Gasteiger partial charge in [0.05, 0.1) is 19.5 Å². The molecule has 0 spiro atoms. The number of amides is 1. The molecule has 9 heteroatoms. The monoisotopic (exact) mass is 364 g/mol. The zero-order valence-electron chi connectivity index (χ0n) is 14.3. The molecule has 1 amide bonds. The van der Waals surface area contributed by atoms with Crippen molar-refractivity contribution in [1.29, 1.82) is 0 Å². The number of rotatable bonds is 8. The maximum atomic E-state index is 12.1. The van der Waals surface area contributed by atoms with Gasteiger partial charge in [0, 0.05) is 18.8 Å². The third kappa shape index (κ3) is 5.49. The number of anilines is 1. The number of nitrogens with one attached hydrogen (secondary N) is 1. The number of benzene rings is 1. The molecule has 0 saturated carbocycles. The van der Waals surface area contributed by atoms with E-state index in [0.29, 0.717) is 29.0 Å². The summed E-state index contributed by atoms with van der Waals surface area (Å²) >= 11 is 1.24. The highest BCUT2D eigenvalue weighted by Crippen LogP contribution is 2.19. The van der Waals surface area contributed by atoms with Gasteiger partial charge in [-0.2, -0.15) is 0 Å². The van der Waals surface area contributed by atoms with Crippen LogP contribution in [0.4, 0.5) is 5.69 Å². The summed E-state index contributed by atoms with van der Waals surface area (Å²) in [7, 11) is 3.32. The van der Waals surface area contributed by atoms with Crippen molar-refractivity contribution < 1.29 is 19.1 Å². The average molecular weight is 364 g/mol. The lowest BCUT2D eigenvalue weighted by Gasteiger charge is -2.07. The molecule has 0 aliphatic heterocycles. The fraction of sp³-hybridized carbons (Fsp3) is 0.375. The first-order valence-corrected chi connectivity index (χ1v) is 8.62. The molecule has 0 saturated heterocycles.